The lowest BCUT2D eigenvalue weighted by molar-refractivity contribution is 0.268. The first kappa shape index (κ1) is 10.6. The summed E-state index contributed by atoms with van der Waals surface area (Å²) in [4.78, 5) is 0. The summed E-state index contributed by atoms with van der Waals surface area (Å²) in [6, 6.07) is 2.04. The number of hydrogen-bond acceptors (Lipinski definition) is 3. The SMILES string of the molecule is CCn1nc([C@@H]2CCCNC2)cc1CO. The Labute approximate surface area is 90.3 Å². The van der Waals surface area contributed by atoms with Crippen molar-refractivity contribution in [3.63, 3.8) is 0 Å². The van der Waals surface area contributed by atoms with Crippen molar-refractivity contribution in [3.8, 4) is 0 Å². The van der Waals surface area contributed by atoms with E-state index in [1.165, 1.54) is 12.8 Å². The summed E-state index contributed by atoms with van der Waals surface area (Å²) >= 11 is 0. The van der Waals surface area contributed by atoms with Crippen LogP contribution in [0.1, 0.15) is 37.1 Å². The van der Waals surface area contributed by atoms with Gasteiger partial charge in [0.05, 0.1) is 18.0 Å². The first-order valence-corrected chi connectivity index (χ1v) is 5.73. The van der Waals surface area contributed by atoms with Crippen molar-refractivity contribution in [2.75, 3.05) is 13.1 Å². The van der Waals surface area contributed by atoms with E-state index >= 15 is 0 Å². The molecule has 1 aromatic rings. The van der Waals surface area contributed by atoms with Gasteiger partial charge in [-0.25, -0.2) is 0 Å². The Morgan fingerprint density at radius 2 is 2.53 bits per heavy atom. The van der Waals surface area contributed by atoms with Crippen molar-refractivity contribution >= 4 is 0 Å². The maximum Gasteiger partial charge on any atom is 0.0849 e. The van der Waals surface area contributed by atoms with E-state index in [1.54, 1.807) is 0 Å². The molecule has 1 fully saturated rings. The monoisotopic (exact) mass is 209 g/mol. The van der Waals surface area contributed by atoms with Gasteiger partial charge in [0.25, 0.3) is 0 Å². The molecule has 0 radical (unpaired) electrons. The molecule has 2 rings (SSSR count). The zero-order valence-electron chi connectivity index (χ0n) is 9.24. The average molecular weight is 209 g/mol. The van der Waals surface area contributed by atoms with Gasteiger partial charge in [-0.2, -0.15) is 5.10 Å². The number of rotatable bonds is 3. The highest BCUT2D eigenvalue weighted by molar-refractivity contribution is 5.15. The van der Waals surface area contributed by atoms with Crippen LogP contribution in [-0.2, 0) is 13.2 Å². The van der Waals surface area contributed by atoms with Crippen LogP contribution in [0.3, 0.4) is 0 Å². The number of nitrogens with zero attached hydrogens (tertiary/aromatic N) is 2. The molecule has 0 aromatic carbocycles. The van der Waals surface area contributed by atoms with Gasteiger partial charge in [-0.15, -0.1) is 0 Å². The van der Waals surface area contributed by atoms with E-state index in [2.05, 4.69) is 17.3 Å². The summed E-state index contributed by atoms with van der Waals surface area (Å²) < 4.78 is 1.89. The molecule has 0 aliphatic carbocycles. The summed E-state index contributed by atoms with van der Waals surface area (Å²) in [5, 5.41) is 17.1. The van der Waals surface area contributed by atoms with Crippen LogP contribution in [0.4, 0.5) is 0 Å². The quantitative estimate of drug-likeness (QED) is 0.776. The Morgan fingerprint density at radius 3 is 3.07 bits per heavy atom. The van der Waals surface area contributed by atoms with E-state index in [0.717, 1.165) is 31.0 Å². The molecule has 4 heteroatoms. The van der Waals surface area contributed by atoms with Crippen LogP contribution in [0, 0.1) is 0 Å². The van der Waals surface area contributed by atoms with Crippen LogP contribution < -0.4 is 5.32 Å². The van der Waals surface area contributed by atoms with Gasteiger partial charge in [0, 0.05) is 19.0 Å². The Balaban J connectivity index is 2.16. The number of aryl methyl sites for hydroxylation is 1. The molecule has 0 bridgehead atoms. The molecule has 2 heterocycles. The predicted molar refractivity (Wildman–Crippen MR) is 58.7 cm³/mol. The molecule has 1 aromatic heterocycles. The molecule has 0 unspecified atom stereocenters. The zero-order valence-corrected chi connectivity index (χ0v) is 9.24. The molecule has 4 nitrogen and oxygen atoms in total. The number of hydrogen-bond donors (Lipinski definition) is 2. The average Bonchev–Trinajstić information content (AvgIpc) is 2.73. The summed E-state index contributed by atoms with van der Waals surface area (Å²) in [5.74, 6) is 0.525. The van der Waals surface area contributed by atoms with Crippen molar-refractivity contribution < 1.29 is 5.11 Å². The van der Waals surface area contributed by atoms with Crippen molar-refractivity contribution in [2.45, 2.75) is 38.8 Å². The second-order valence-electron chi connectivity index (χ2n) is 4.08. The Kier molecular flexibility index (Phi) is 3.38. The maximum absolute atomic E-state index is 9.18. The Morgan fingerprint density at radius 1 is 1.67 bits per heavy atom. The molecule has 1 atom stereocenters. The summed E-state index contributed by atoms with van der Waals surface area (Å²) in [6.45, 7) is 5.11. The van der Waals surface area contributed by atoms with Crippen LogP contribution >= 0.6 is 0 Å². The van der Waals surface area contributed by atoms with Crippen molar-refractivity contribution in [3.05, 3.63) is 17.5 Å². The summed E-state index contributed by atoms with van der Waals surface area (Å²) in [7, 11) is 0. The van der Waals surface area contributed by atoms with Crippen LogP contribution in [0.25, 0.3) is 0 Å². The lowest BCUT2D eigenvalue weighted by Gasteiger charge is -2.20. The van der Waals surface area contributed by atoms with Crippen molar-refractivity contribution in [1.82, 2.24) is 15.1 Å². The van der Waals surface area contributed by atoms with E-state index < -0.39 is 0 Å². The molecule has 15 heavy (non-hydrogen) atoms. The molecular formula is C11H19N3O. The van der Waals surface area contributed by atoms with E-state index in [9.17, 15) is 5.11 Å². The Bertz CT molecular complexity index is 294. The van der Waals surface area contributed by atoms with E-state index in [4.69, 9.17) is 0 Å². The fourth-order valence-electron chi connectivity index (χ4n) is 2.18. The van der Waals surface area contributed by atoms with Gasteiger partial charge in [-0.1, -0.05) is 0 Å². The maximum atomic E-state index is 9.18. The minimum absolute atomic E-state index is 0.0843. The number of aliphatic hydroxyl groups excluding tert-OH is 1. The Hall–Kier alpha value is -0.870. The fraction of sp³-hybridized carbons (Fsp3) is 0.727. The largest absolute Gasteiger partial charge is 0.390 e. The van der Waals surface area contributed by atoms with Crippen molar-refractivity contribution in [2.24, 2.45) is 0 Å². The molecule has 0 saturated carbocycles. The van der Waals surface area contributed by atoms with Crippen LogP contribution in [-0.4, -0.2) is 28.0 Å². The van der Waals surface area contributed by atoms with Gasteiger partial charge in [-0.3, -0.25) is 4.68 Å². The van der Waals surface area contributed by atoms with Gasteiger partial charge in [-0.05, 0) is 32.4 Å². The van der Waals surface area contributed by atoms with Crippen LogP contribution in [0.15, 0.2) is 6.07 Å². The molecule has 0 spiro atoms. The van der Waals surface area contributed by atoms with Gasteiger partial charge in [0.2, 0.25) is 0 Å². The van der Waals surface area contributed by atoms with E-state index in [0.29, 0.717) is 5.92 Å². The van der Waals surface area contributed by atoms with Crippen LogP contribution in [0.5, 0.6) is 0 Å². The lowest BCUT2D eigenvalue weighted by Crippen LogP contribution is -2.28. The highest BCUT2D eigenvalue weighted by Gasteiger charge is 2.18. The second-order valence-corrected chi connectivity index (χ2v) is 4.08. The molecule has 1 saturated heterocycles. The minimum Gasteiger partial charge on any atom is -0.390 e. The van der Waals surface area contributed by atoms with Crippen molar-refractivity contribution in [1.29, 1.82) is 0 Å². The highest BCUT2D eigenvalue weighted by atomic mass is 16.3. The normalized spacial score (nSPS) is 21.9. The van der Waals surface area contributed by atoms with Gasteiger partial charge in [0.15, 0.2) is 0 Å². The first-order chi connectivity index (χ1) is 7.35. The van der Waals surface area contributed by atoms with Crippen LogP contribution in [0.2, 0.25) is 0 Å². The zero-order chi connectivity index (χ0) is 10.7. The molecule has 84 valence electrons. The third kappa shape index (κ3) is 2.21. The second kappa shape index (κ2) is 4.77. The van der Waals surface area contributed by atoms with Gasteiger partial charge < -0.3 is 10.4 Å². The number of nitrogens with one attached hydrogen (secondary N) is 1. The predicted octanol–water partition coefficient (Wildman–Crippen LogP) is 0.862. The van der Waals surface area contributed by atoms with Gasteiger partial charge >= 0.3 is 0 Å². The summed E-state index contributed by atoms with van der Waals surface area (Å²) in [5.41, 5.74) is 2.06. The lowest BCUT2D eigenvalue weighted by atomic mass is 9.96. The summed E-state index contributed by atoms with van der Waals surface area (Å²) in [6.07, 6.45) is 2.43. The minimum atomic E-state index is 0.0843. The number of aromatic nitrogens is 2. The standard InChI is InChI=1S/C11H19N3O/c1-2-14-10(8-15)6-11(13-14)9-4-3-5-12-7-9/h6,9,12,15H,2-5,7-8H2,1H3/t9-/m1/s1. The molecule has 0 amide bonds. The van der Waals surface area contributed by atoms with E-state index in [-0.39, 0.29) is 6.61 Å². The topological polar surface area (TPSA) is 50.1 Å². The van der Waals surface area contributed by atoms with Gasteiger partial charge in [0.1, 0.15) is 0 Å². The third-order valence-electron chi connectivity index (χ3n) is 3.06. The number of aliphatic hydroxyl groups is 1. The first-order valence-electron chi connectivity index (χ1n) is 5.73. The molecular weight excluding hydrogens is 190 g/mol. The number of piperidine rings is 1. The third-order valence-corrected chi connectivity index (χ3v) is 3.06. The molecule has 1 aliphatic rings. The van der Waals surface area contributed by atoms with E-state index in [1.807, 2.05) is 10.7 Å². The molecule has 1 aliphatic heterocycles. The highest BCUT2D eigenvalue weighted by Crippen LogP contribution is 2.22. The smallest absolute Gasteiger partial charge is 0.0849 e. The molecule has 2 N–H and O–H groups in total. The fourth-order valence-corrected chi connectivity index (χ4v) is 2.18.